The molecule has 0 heterocycles. The van der Waals surface area contributed by atoms with Crippen LogP contribution < -0.4 is 4.65 Å². The van der Waals surface area contributed by atoms with Gasteiger partial charge in [-0.05, 0) is 18.2 Å². The number of carboxylic acids is 2. The molecule has 7 nitrogen and oxygen atoms in total. The number of benzene rings is 1. The van der Waals surface area contributed by atoms with Gasteiger partial charge in [-0.3, -0.25) is 0 Å². The van der Waals surface area contributed by atoms with E-state index < -0.39 is 30.4 Å². The van der Waals surface area contributed by atoms with Crippen molar-refractivity contribution in [1.29, 1.82) is 0 Å². The molecule has 0 aliphatic heterocycles. The first-order chi connectivity index (χ1) is 7.41. The lowest BCUT2D eigenvalue weighted by molar-refractivity contribution is 0.0651. The van der Waals surface area contributed by atoms with E-state index in [-0.39, 0.29) is 5.75 Å². The molecule has 1 aromatic carbocycles. The molecular formula is C8H7BO7. The first kappa shape index (κ1) is 12.0. The fourth-order valence-electron chi connectivity index (χ4n) is 1.08. The first-order valence-corrected chi connectivity index (χ1v) is 4.05. The topological polar surface area (TPSA) is 124 Å². The molecule has 0 radical (unpaired) electrons. The second-order valence-corrected chi connectivity index (χ2v) is 2.76. The van der Waals surface area contributed by atoms with Crippen molar-refractivity contribution in [3.05, 3.63) is 29.3 Å². The number of carbonyl (C=O) groups is 2. The van der Waals surface area contributed by atoms with Gasteiger partial charge in [-0.2, -0.15) is 0 Å². The number of hydrogen-bond acceptors (Lipinski definition) is 5. The molecule has 4 N–H and O–H groups in total. The van der Waals surface area contributed by atoms with E-state index in [4.69, 9.17) is 20.3 Å². The van der Waals surface area contributed by atoms with Crippen molar-refractivity contribution in [3.63, 3.8) is 0 Å². The molecular weight excluding hydrogens is 219 g/mol. The maximum atomic E-state index is 10.7. The van der Waals surface area contributed by atoms with Crippen LogP contribution in [0.2, 0.25) is 0 Å². The summed E-state index contributed by atoms with van der Waals surface area (Å²) in [4.78, 5) is 21.4. The Morgan fingerprint density at radius 2 is 1.62 bits per heavy atom. The Morgan fingerprint density at radius 3 is 2.06 bits per heavy atom. The Kier molecular flexibility index (Phi) is 3.49. The Hall–Kier alpha value is -2.06. The summed E-state index contributed by atoms with van der Waals surface area (Å²) in [6.45, 7) is 0. The lowest BCUT2D eigenvalue weighted by atomic mass is 10.1. The molecule has 0 fully saturated rings. The first-order valence-electron chi connectivity index (χ1n) is 4.05. The molecule has 0 amide bonds. The van der Waals surface area contributed by atoms with Crippen LogP contribution >= 0.6 is 0 Å². The minimum Gasteiger partial charge on any atom is -0.512 e. The van der Waals surface area contributed by atoms with Crippen LogP contribution in [0.1, 0.15) is 20.7 Å². The van der Waals surface area contributed by atoms with Gasteiger partial charge in [0.25, 0.3) is 0 Å². The summed E-state index contributed by atoms with van der Waals surface area (Å²) in [7, 11) is -2.10. The Labute approximate surface area is 89.7 Å². The molecule has 16 heavy (non-hydrogen) atoms. The summed E-state index contributed by atoms with van der Waals surface area (Å²) in [6.07, 6.45) is 0. The maximum Gasteiger partial charge on any atom is 0.707 e. The SMILES string of the molecule is O=C(O)c1ccc(OB(O)O)cc1C(=O)O. The van der Waals surface area contributed by atoms with Crippen LogP contribution in [0.25, 0.3) is 0 Å². The van der Waals surface area contributed by atoms with Crippen LogP contribution in [-0.2, 0) is 0 Å². The number of hydrogen-bond donors (Lipinski definition) is 4. The van der Waals surface area contributed by atoms with E-state index >= 15 is 0 Å². The standard InChI is InChI=1S/C8H7BO7/c10-7(11)5-2-1-4(16-9(14)15)3-6(5)8(12)13/h1-3,14-15H,(H,10,11)(H,12,13). The number of carboxylic acid groups (broad SMARTS) is 2. The van der Waals surface area contributed by atoms with Crippen molar-refractivity contribution < 1.29 is 34.5 Å². The van der Waals surface area contributed by atoms with Crippen molar-refractivity contribution in [2.24, 2.45) is 0 Å². The van der Waals surface area contributed by atoms with Crippen LogP contribution in [0.5, 0.6) is 5.75 Å². The van der Waals surface area contributed by atoms with E-state index in [1.165, 1.54) is 0 Å². The summed E-state index contributed by atoms with van der Waals surface area (Å²) in [5, 5.41) is 34.4. The van der Waals surface area contributed by atoms with Gasteiger partial charge in [0.05, 0.1) is 11.1 Å². The molecule has 0 unspecified atom stereocenters. The molecule has 0 aliphatic rings. The van der Waals surface area contributed by atoms with Gasteiger partial charge in [0.2, 0.25) is 0 Å². The van der Waals surface area contributed by atoms with Crippen molar-refractivity contribution in [2.75, 3.05) is 0 Å². The minimum absolute atomic E-state index is 0.155. The zero-order valence-corrected chi connectivity index (χ0v) is 7.82. The van der Waals surface area contributed by atoms with Gasteiger partial charge in [0, 0.05) is 0 Å². The molecule has 8 heteroatoms. The molecule has 1 rings (SSSR count). The summed E-state index contributed by atoms with van der Waals surface area (Å²) >= 11 is 0. The van der Waals surface area contributed by atoms with Gasteiger partial charge in [-0.1, -0.05) is 0 Å². The summed E-state index contributed by atoms with van der Waals surface area (Å²) in [5.74, 6) is -3.00. The second kappa shape index (κ2) is 4.64. The van der Waals surface area contributed by atoms with Gasteiger partial charge in [0.1, 0.15) is 5.75 Å². The Morgan fingerprint density at radius 1 is 1.06 bits per heavy atom. The molecule has 0 bridgehead atoms. The van der Waals surface area contributed by atoms with E-state index in [9.17, 15) is 9.59 Å². The van der Waals surface area contributed by atoms with Gasteiger partial charge >= 0.3 is 19.3 Å². The van der Waals surface area contributed by atoms with Gasteiger partial charge in [-0.15, -0.1) is 0 Å². The van der Waals surface area contributed by atoms with Crippen molar-refractivity contribution in [1.82, 2.24) is 0 Å². The normalized spacial score (nSPS) is 9.62. The zero-order chi connectivity index (χ0) is 12.3. The fraction of sp³-hybridized carbons (Fsp3) is 0. The van der Waals surface area contributed by atoms with Crippen LogP contribution in [0.4, 0.5) is 0 Å². The van der Waals surface area contributed by atoms with Crippen molar-refractivity contribution in [2.45, 2.75) is 0 Å². The highest BCUT2D eigenvalue weighted by Gasteiger charge is 2.18. The predicted molar refractivity (Wildman–Crippen MR) is 51.2 cm³/mol. The second-order valence-electron chi connectivity index (χ2n) is 2.76. The highest BCUT2D eigenvalue weighted by atomic mass is 16.6. The molecule has 0 saturated heterocycles. The quantitative estimate of drug-likeness (QED) is 0.506. The third-order valence-electron chi connectivity index (χ3n) is 1.69. The Balaban J connectivity index is 3.17. The molecule has 1 aromatic rings. The smallest absolute Gasteiger partial charge is 0.512 e. The highest BCUT2D eigenvalue weighted by Crippen LogP contribution is 2.18. The lowest BCUT2D eigenvalue weighted by Crippen LogP contribution is -2.21. The molecule has 0 atom stereocenters. The third-order valence-corrected chi connectivity index (χ3v) is 1.69. The minimum atomic E-state index is -2.10. The molecule has 0 saturated carbocycles. The third kappa shape index (κ3) is 2.72. The highest BCUT2D eigenvalue weighted by molar-refractivity contribution is 6.33. The van der Waals surface area contributed by atoms with E-state index in [1.807, 2.05) is 0 Å². The van der Waals surface area contributed by atoms with E-state index in [0.717, 1.165) is 18.2 Å². The van der Waals surface area contributed by atoms with E-state index in [1.54, 1.807) is 0 Å². The fourth-order valence-corrected chi connectivity index (χ4v) is 1.08. The van der Waals surface area contributed by atoms with Crippen LogP contribution in [0.3, 0.4) is 0 Å². The van der Waals surface area contributed by atoms with E-state index in [0.29, 0.717) is 0 Å². The van der Waals surface area contributed by atoms with Crippen LogP contribution in [0.15, 0.2) is 18.2 Å². The largest absolute Gasteiger partial charge is 0.707 e. The maximum absolute atomic E-state index is 10.7. The number of aromatic carboxylic acids is 2. The van der Waals surface area contributed by atoms with Crippen LogP contribution in [0, 0.1) is 0 Å². The monoisotopic (exact) mass is 226 g/mol. The average Bonchev–Trinajstić information content (AvgIpc) is 2.16. The summed E-state index contributed by atoms with van der Waals surface area (Å²) < 4.78 is 4.39. The van der Waals surface area contributed by atoms with Gasteiger partial charge < -0.3 is 24.9 Å². The molecule has 0 spiro atoms. The summed E-state index contributed by atoms with van der Waals surface area (Å²) in [6, 6.07) is 3.02. The van der Waals surface area contributed by atoms with Gasteiger partial charge in [0.15, 0.2) is 0 Å². The zero-order valence-electron chi connectivity index (χ0n) is 7.82. The molecule has 0 aliphatic carbocycles. The number of rotatable bonds is 4. The van der Waals surface area contributed by atoms with Crippen molar-refractivity contribution >= 4 is 19.3 Å². The van der Waals surface area contributed by atoms with E-state index in [2.05, 4.69) is 4.65 Å². The van der Waals surface area contributed by atoms with Crippen molar-refractivity contribution in [3.8, 4) is 5.75 Å². The van der Waals surface area contributed by atoms with Gasteiger partial charge in [-0.25, -0.2) is 9.59 Å². The molecule has 0 aromatic heterocycles. The van der Waals surface area contributed by atoms with Crippen LogP contribution in [-0.4, -0.2) is 39.5 Å². The average molecular weight is 226 g/mol. The molecule has 84 valence electrons. The Bertz CT molecular complexity index is 428. The lowest BCUT2D eigenvalue weighted by Gasteiger charge is -2.07. The predicted octanol–water partition coefficient (Wildman–Crippen LogP) is -0.569. The summed E-state index contributed by atoms with van der Waals surface area (Å²) in [5.41, 5.74) is -0.905.